The number of carbonyl (C=O) groups is 3. The fourth-order valence-electron chi connectivity index (χ4n) is 3.92. The van der Waals surface area contributed by atoms with E-state index in [4.69, 9.17) is 18.9 Å². The average Bonchev–Trinajstić information content (AvgIpc) is 3.19. The van der Waals surface area contributed by atoms with Crippen molar-refractivity contribution in [1.82, 2.24) is 0 Å². The van der Waals surface area contributed by atoms with Crippen molar-refractivity contribution in [3.05, 3.63) is 120 Å². The van der Waals surface area contributed by atoms with E-state index in [2.05, 4.69) is 6.58 Å². The van der Waals surface area contributed by atoms with Crippen LogP contribution in [0.2, 0.25) is 0 Å². The summed E-state index contributed by atoms with van der Waals surface area (Å²) in [5, 5.41) is 0. The van der Waals surface area contributed by atoms with Gasteiger partial charge in [-0.25, -0.2) is 14.4 Å². The first-order chi connectivity index (χ1) is 17.4. The minimum Gasteiger partial charge on any atom is -0.459 e. The minimum atomic E-state index is -1.14. The molecule has 0 amide bonds. The highest BCUT2D eigenvalue weighted by Crippen LogP contribution is 2.43. The summed E-state index contributed by atoms with van der Waals surface area (Å²) in [7, 11) is 0. The fraction of sp³-hybridized carbons (Fsp3) is 0.207. The van der Waals surface area contributed by atoms with Gasteiger partial charge in [0.25, 0.3) is 0 Å². The number of hydrogen-bond donors (Lipinski definition) is 0. The van der Waals surface area contributed by atoms with E-state index < -0.39 is 41.8 Å². The lowest BCUT2D eigenvalue weighted by molar-refractivity contribution is -0.135. The predicted octanol–water partition coefficient (Wildman–Crippen LogP) is 4.84. The molecular formula is C29H26O7. The standard InChI is InChI=1S/C29H26O7/c1-3-29(2)24(35-26(31)21-15-9-5-10-16-21)23(19-33-25(30)20-13-7-4-8-14-20)34-28(29)36-27(32)22-17-11-6-12-18-22/h3-18,23-24,28H,1,19H2,2H3/t23-,24-,28?,29-/m1/s1. The SMILES string of the molecule is C=C[C@@]1(C)C(OC(=O)c2ccccc2)O[C@H](COC(=O)c2ccccc2)[C@H]1OC(=O)c1ccccc1. The van der Waals surface area contributed by atoms with Crippen molar-refractivity contribution in [3.63, 3.8) is 0 Å². The van der Waals surface area contributed by atoms with E-state index in [9.17, 15) is 14.4 Å². The molecule has 7 nitrogen and oxygen atoms in total. The summed E-state index contributed by atoms with van der Waals surface area (Å²) < 4.78 is 23.0. The van der Waals surface area contributed by atoms with Crippen LogP contribution in [0.4, 0.5) is 0 Å². The van der Waals surface area contributed by atoms with Crippen molar-refractivity contribution >= 4 is 17.9 Å². The van der Waals surface area contributed by atoms with Gasteiger partial charge in [-0.1, -0.05) is 60.7 Å². The smallest absolute Gasteiger partial charge is 0.340 e. The van der Waals surface area contributed by atoms with Gasteiger partial charge < -0.3 is 18.9 Å². The van der Waals surface area contributed by atoms with E-state index in [1.807, 2.05) is 0 Å². The third-order valence-corrected chi connectivity index (χ3v) is 6.05. The van der Waals surface area contributed by atoms with Gasteiger partial charge in [0.2, 0.25) is 6.29 Å². The zero-order chi connectivity index (χ0) is 25.5. The molecule has 184 valence electrons. The van der Waals surface area contributed by atoms with Crippen LogP contribution < -0.4 is 0 Å². The molecule has 1 aliphatic rings. The van der Waals surface area contributed by atoms with E-state index in [1.165, 1.54) is 6.08 Å². The molecule has 1 unspecified atom stereocenters. The number of carbonyl (C=O) groups excluding carboxylic acids is 3. The Morgan fingerprint density at radius 1 is 0.778 bits per heavy atom. The van der Waals surface area contributed by atoms with Gasteiger partial charge in [-0.2, -0.15) is 0 Å². The second-order valence-corrected chi connectivity index (χ2v) is 8.50. The molecular weight excluding hydrogens is 460 g/mol. The molecule has 4 atom stereocenters. The first-order valence-electron chi connectivity index (χ1n) is 11.5. The summed E-state index contributed by atoms with van der Waals surface area (Å²) in [6.07, 6.45) is -1.49. The van der Waals surface area contributed by atoms with Crippen molar-refractivity contribution in [2.45, 2.75) is 25.4 Å². The van der Waals surface area contributed by atoms with Crippen LogP contribution >= 0.6 is 0 Å². The van der Waals surface area contributed by atoms with E-state index >= 15 is 0 Å². The van der Waals surface area contributed by atoms with Crippen LogP contribution in [0.15, 0.2) is 104 Å². The maximum Gasteiger partial charge on any atom is 0.340 e. The van der Waals surface area contributed by atoms with Crippen LogP contribution in [0.1, 0.15) is 38.0 Å². The molecule has 0 saturated carbocycles. The zero-order valence-corrected chi connectivity index (χ0v) is 19.7. The molecule has 3 aromatic carbocycles. The Labute approximate surface area is 209 Å². The summed E-state index contributed by atoms with van der Waals surface area (Å²) in [6.45, 7) is 5.36. The van der Waals surface area contributed by atoms with Gasteiger partial charge in [-0.05, 0) is 43.3 Å². The maximum atomic E-state index is 12.9. The van der Waals surface area contributed by atoms with Gasteiger partial charge in [0.15, 0.2) is 0 Å². The van der Waals surface area contributed by atoms with Crippen molar-refractivity contribution in [1.29, 1.82) is 0 Å². The van der Waals surface area contributed by atoms with Gasteiger partial charge in [0.05, 0.1) is 22.1 Å². The number of rotatable bonds is 8. The van der Waals surface area contributed by atoms with E-state index in [0.29, 0.717) is 16.7 Å². The van der Waals surface area contributed by atoms with Crippen molar-refractivity contribution in [3.8, 4) is 0 Å². The van der Waals surface area contributed by atoms with E-state index in [1.54, 1.807) is 97.9 Å². The third-order valence-electron chi connectivity index (χ3n) is 6.05. The number of benzene rings is 3. The van der Waals surface area contributed by atoms with E-state index in [-0.39, 0.29) is 6.61 Å². The van der Waals surface area contributed by atoms with Gasteiger partial charge >= 0.3 is 17.9 Å². The van der Waals surface area contributed by atoms with Crippen LogP contribution in [-0.2, 0) is 18.9 Å². The topological polar surface area (TPSA) is 88.1 Å². The second kappa shape index (κ2) is 11.0. The lowest BCUT2D eigenvalue weighted by atomic mass is 9.83. The molecule has 1 aliphatic heterocycles. The lowest BCUT2D eigenvalue weighted by Gasteiger charge is -2.31. The highest BCUT2D eigenvalue weighted by Gasteiger charge is 2.57. The molecule has 1 heterocycles. The van der Waals surface area contributed by atoms with Crippen molar-refractivity contribution in [2.75, 3.05) is 6.61 Å². The number of ether oxygens (including phenoxy) is 4. The van der Waals surface area contributed by atoms with Crippen LogP contribution in [0, 0.1) is 5.41 Å². The molecule has 1 fully saturated rings. The Kier molecular flexibility index (Phi) is 7.61. The Balaban J connectivity index is 1.57. The fourth-order valence-corrected chi connectivity index (χ4v) is 3.92. The number of hydrogen-bond acceptors (Lipinski definition) is 7. The summed E-state index contributed by atoms with van der Waals surface area (Å²) >= 11 is 0. The highest BCUT2D eigenvalue weighted by atomic mass is 16.7. The summed E-state index contributed by atoms with van der Waals surface area (Å²) in [6, 6.07) is 25.4. The van der Waals surface area contributed by atoms with Gasteiger partial charge in [-0.3, -0.25) is 0 Å². The quantitative estimate of drug-likeness (QED) is 0.256. The Hall–Kier alpha value is -4.23. The van der Waals surface area contributed by atoms with Crippen LogP contribution in [0.3, 0.4) is 0 Å². The Morgan fingerprint density at radius 3 is 1.69 bits per heavy atom. The molecule has 36 heavy (non-hydrogen) atoms. The molecule has 7 heteroatoms. The first-order valence-corrected chi connectivity index (χ1v) is 11.5. The summed E-state index contributed by atoms with van der Waals surface area (Å²) in [5.41, 5.74) is -0.0801. The molecule has 0 bridgehead atoms. The molecule has 0 spiro atoms. The van der Waals surface area contributed by atoms with Gasteiger partial charge in [-0.15, -0.1) is 6.58 Å². The van der Waals surface area contributed by atoms with E-state index in [0.717, 1.165) is 0 Å². The van der Waals surface area contributed by atoms with Gasteiger partial charge in [0, 0.05) is 0 Å². The van der Waals surface area contributed by atoms with Crippen molar-refractivity contribution < 1.29 is 33.3 Å². The summed E-state index contributed by atoms with van der Waals surface area (Å²) in [4.78, 5) is 38.3. The zero-order valence-electron chi connectivity index (χ0n) is 19.7. The second-order valence-electron chi connectivity index (χ2n) is 8.50. The van der Waals surface area contributed by atoms with Crippen LogP contribution in [0.25, 0.3) is 0 Å². The summed E-state index contributed by atoms with van der Waals surface area (Å²) in [5.74, 6) is -1.76. The number of esters is 3. The molecule has 0 aromatic heterocycles. The molecule has 1 saturated heterocycles. The molecule has 3 aromatic rings. The minimum absolute atomic E-state index is 0.233. The largest absolute Gasteiger partial charge is 0.459 e. The monoisotopic (exact) mass is 486 g/mol. The maximum absolute atomic E-state index is 12.9. The third kappa shape index (κ3) is 5.37. The molecule has 4 rings (SSSR count). The Bertz CT molecular complexity index is 1210. The van der Waals surface area contributed by atoms with Crippen LogP contribution in [0.5, 0.6) is 0 Å². The van der Waals surface area contributed by atoms with Crippen molar-refractivity contribution in [2.24, 2.45) is 5.41 Å². The van der Waals surface area contributed by atoms with Crippen LogP contribution in [-0.4, -0.2) is 43.0 Å². The lowest BCUT2D eigenvalue weighted by Crippen LogP contribution is -2.43. The first kappa shape index (κ1) is 24.9. The average molecular weight is 487 g/mol. The molecule has 0 N–H and O–H groups in total. The van der Waals surface area contributed by atoms with Gasteiger partial charge in [0.1, 0.15) is 18.8 Å². The molecule has 0 radical (unpaired) electrons. The Morgan fingerprint density at radius 2 is 1.22 bits per heavy atom. The normalized spacial score (nSPS) is 22.9. The molecule has 0 aliphatic carbocycles. The predicted molar refractivity (Wildman–Crippen MR) is 131 cm³/mol. The highest BCUT2D eigenvalue weighted by molar-refractivity contribution is 5.90.